The predicted octanol–water partition coefficient (Wildman–Crippen LogP) is 3.77. The summed E-state index contributed by atoms with van der Waals surface area (Å²) in [7, 11) is 0. The molecule has 0 atom stereocenters. The summed E-state index contributed by atoms with van der Waals surface area (Å²) in [5, 5.41) is 9.45. The minimum atomic E-state index is -0.200. The van der Waals surface area contributed by atoms with Crippen LogP contribution in [0.2, 0.25) is 0 Å². The summed E-state index contributed by atoms with van der Waals surface area (Å²) in [6.45, 7) is 4.52. The molecule has 1 aliphatic rings. The fourth-order valence-corrected chi connectivity index (χ4v) is 3.02. The third-order valence-corrected chi connectivity index (χ3v) is 4.29. The molecule has 5 heteroatoms. The number of allylic oxidation sites excluding steroid dienone is 1. The molecule has 1 saturated carbocycles. The molecule has 0 N–H and O–H groups in total. The van der Waals surface area contributed by atoms with Gasteiger partial charge in [-0.05, 0) is 30.5 Å². The molecule has 1 aromatic carbocycles. The average molecular weight is 289 g/mol. The molecule has 0 saturated heterocycles. The Labute approximate surface area is 121 Å². The van der Waals surface area contributed by atoms with Crippen molar-refractivity contribution < 1.29 is 4.39 Å². The summed E-state index contributed by atoms with van der Waals surface area (Å²) in [6, 6.07) is 6.67. The van der Waals surface area contributed by atoms with Crippen LogP contribution in [0.25, 0.3) is 0 Å². The summed E-state index contributed by atoms with van der Waals surface area (Å²) in [5.41, 5.74) is 0.955. The first-order valence-electron chi connectivity index (χ1n) is 6.69. The van der Waals surface area contributed by atoms with Gasteiger partial charge in [0.2, 0.25) is 0 Å². The minimum absolute atomic E-state index is 0.200. The van der Waals surface area contributed by atoms with Crippen LogP contribution in [-0.4, -0.2) is 14.8 Å². The molecule has 0 unspecified atom stereocenters. The van der Waals surface area contributed by atoms with Crippen molar-refractivity contribution in [2.75, 3.05) is 0 Å². The minimum Gasteiger partial charge on any atom is -0.302 e. The van der Waals surface area contributed by atoms with Gasteiger partial charge in [-0.15, -0.1) is 16.8 Å². The number of thioether (sulfide) groups is 1. The molecule has 0 aliphatic heterocycles. The van der Waals surface area contributed by atoms with Gasteiger partial charge in [0.25, 0.3) is 0 Å². The zero-order chi connectivity index (χ0) is 13.9. The molecule has 1 fully saturated rings. The van der Waals surface area contributed by atoms with Crippen molar-refractivity contribution in [3.63, 3.8) is 0 Å². The Hall–Kier alpha value is -1.62. The van der Waals surface area contributed by atoms with Gasteiger partial charge in [-0.25, -0.2) is 4.39 Å². The lowest BCUT2D eigenvalue weighted by atomic mass is 10.2. The highest BCUT2D eigenvalue weighted by Gasteiger charge is 2.30. The second-order valence-electron chi connectivity index (χ2n) is 4.93. The Bertz CT molecular complexity index is 619. The third-order valence-electron chi connectivity index (χ3n) is 3.26. The van der Waals surface area contributed by atoms with Gasteiger partial charge in [-0.1, -0.05) is 30.0 Å². The smallest absolute Gasteiger partial charge is 0.191 e. The monoisotopic (exact) mass is 289 g/mol. The fraction of sp³-hybridized carbons (Fsp3) is 0.333. The highest BCUT2D eigenvalue weighted by Crippen LogP contribution is 2.40. The van der Waals surface area contributed by atoms with Crippen molar-refractivity contribution in [1.82, 2.24) is 14.8 Å². The van der Waals surface area contributed by atoms with E-state index in [2.05, 4.69) is 21.3 Å². The zero-order valence-corrected chi connectivity index (χ0v) is 11.9. The predicted molar refractivity (Wildman–Crippen MR) is 78.2 cm³/mol. The molecule has 20 heavy (non-hydrogen) atoms. The Kier molecular flexibility index (Phi) is 3.87. The van der Waals surface area contributed by atoms with Crippen molar-refractivity contribution in [2.45, 2.75) is 36.2 Å². The SMILES string of the molecule is C=CCn1c(SCc2cccc(F)c2)nnc1C1CC1. The van der Waals surface area contributed by atoms with E-state index in [0.29, 0.717) is 11.7 Å². The quantitative estimate of drug-likeness (QED) is 0.599. The van der Waals surface area contributed by atoms with Crippen LogP contribution >= 0.6 is 11.8 Å². The van der Waals surface area contributed by atoms with Gasteiger partial charge in [0.05, 0.1) is 0 Å². The standard InChI is InChI=1S/C15H16FN3S/c1-2-8-19-14(12-6-7-12)17-18-15(19)20-10-11-4-3-5-13(16)9-11/h2-5,9,12H,1,6-8,10H2. The van der Waals surface area contributed by atoms with Gasteiger partial charge in [0, 0.05) is 18.2 Å². The van der Waals surface area contributed by atoms with Crippen molar-refractivity contribution >= 4 is 11.8 Å². The van der Waals surface area contributed by atoms with E-state index in [4.69, 9.17) is 0 Å². The lowest BCUT2D eigenvalue weighted by Gasteiger charge is -2.07. The van der Waals surface area contributed by atoms with E-state index in [-0.39, 0.29) is 5.82 Å². The van der Waals surface area contributed by atoms with Crippen LogP contribution in [0.15, 0.2) is 42.1 Å². The highest BCUT2D eigenvalue weighted by atomic mass is 32.2. The number of benzene rings is 1. The van der Waals surface area contributed by atoms with Crippen molar-refractivity contribution in [2.24, 2.45) is 0 Å². The Morgan fingerprint density at radius 1 is 1.40 bits per heavy atom. The second kappa shape index (κ2) is 5.79. The summed E-state index contributed by atoms with van der Waals surface area (Å²) >= 11 is 1.59. The van der Waals surface area contributed by atoms with Crippen LogP contribution in [0.1, 0.15) is 30.1 Å². The third kappa shape index (κ3) is 2.93. The lowest BCUT2D eigenvalue weighted by Crippen LogP contribution is -2.02. The number of halogens is 1. The number of rotatable bonds is 6. The zero-order valence-electron chi connectivity index (χ0n) is 11.1. The maximum atomic E-state index is 13.2. The van der Waals surface area contributed by atoms with Crippen LogP contribution in [0, 0.1) is 5.82 Å². The Morgan fingerprint density at radius 2 is 2.25 bits per heavy atom. The van der Waals surface area contributed by atoms with Gasteiger partial charge in [0.1, 0.15) is 11.6 Å². The fourth-order valence-electron chi connectivity index (χ4n) is 2.13. The van der Waals surface area contributed by atoms with Crippen molar-refractivity contribution in [1.29, 1.82) is 0 Å². The van der Waals surface area contributed by atoms with Gasteiger partial charge >= 0.3 is 0 Å². The molecule has 2 aromatic rings. The number of hydrogen-bond acceptors (Lipinski definition) is 3. The van der Waals surface area contributed by atoms with Gasteiger partial charge in [0.15, 0.2) is 5.16 Å². The van der Waals surface area contributed by atoms with Crippen LogP contribution in [0.5, 0.6) is 0 Å². The summed E-state index contributed by atoms with van der Waals surface area (Å²) < 4.78 is 15.3. The van der Waals surface area contributed by atoms with E-state index in [1.807, 2.05) is 12.1 Å². The molecule has 1 aromatic heterocycles. The van der Waals surface area contributed by atoms with Crippen LogP contribution in [0.3, 0.4) is 0 Å². The molecule has 3 rings (SSSR count). The Balaban J connectivity index is 1.75. The first-order chi connectivity index (χ1) is 9.78. The van der Waals surface area contributed by atoms with E-state index >= 15 is 0 Å². The molecule has 3 nitrogen and oxygen atoms in total. The molecule has 1 heterocycles. The van der Waals surface area contributed by atoms with Crippen molar-refractivity contribution in [3.05, 3.63) is 54.1 Å². The first kappa shape index (κ1) is 13.4. The molecule has 0 radical (unpaired) electrons. The molecule has 104 valence electrons. The number of aromatic nitrogens is 3. The average Bonchev–Trinajstić information content (AvgIpc) is 3.20. The summed E-state index contributed by atoms with van der Waals surface area (Å²) in [6.07, 6.45) is 4.26. The van der Waals surface area contributed by atoms with Gasteiger partial charge in [-0.3, -0.25) is 0 Å². The topological polar surface area (TPSA) is 30.7 Å². The maximum Gasteiger partial charge on any atom is 0.191 e. The molecule has 0 amide bonds. The van der Waals surface area contributed by atoms with Crippen LogP contribution < -0.4 is 0 Å². The number of hydrogen-bond donors (Lipinski definition) is 0. The normalized spacial score (nSPS) is 14.4. The second-order valence-corrected chi connectivity index (χ2v) is 5.88. The maximum absolute atomic E-state index is 13.2. The molecule has 1 aliphatic carbocycles. The lowest BCUT2D eigenvalue weighted by molar-refractivity contribution is 0.626. The van der Waals surface area contributed by atoms with Gasteiger partial charge < -0.3 is 4.57 Å². The van der Waals surface area contributed by atoms with Gasteiger partial charge in [-0.2, -0.15) is 0 Å². The molecular formula is C15H16FN3S. The largest absolute Gasteiger partial charge is 0.302 e. The van der Waals surface area contributed by atoms with Crippen molar-refractivity contribution in [3.8, 4) is 0 Å². The van der Waals surface area contributed by atoms with E-state index in [0.717, 1.165) is 23.1 Å². The van der Waals surface area contributed by atoms with E-state index in [1.54, 1.807) is 23.9 Å². The Morgan fingerprint density at radius 3 is 2.95 bits per heavy atom. The van der Waals surface area contributed by atoms with Crippen LogP contribution in [0.4, 0.5) is 4.39 Å². The first-order valence-corrected chi connectivity index (χ1v) is 7.67. The summed E-state index contributed by atoms with van der Waals surface area (Å²) in [4.78, 5) is 0. The highest BCUT2D eigenvalue weighted by molar-refractivity contribution is 7.98. The summed E-state index contributed by atoms with van der Waals surface area (Å²) in [5.74, 6) is 2.12. The molecular weight excluding hydrogens is 273 g/mol. The van der Waals surface area contributed by atoms with Crippen LogP contribution in [-0.2, 0) is 12.3 Å². The van der Waals surface area contributed by atoms with E-state index < -0.39 is 0 Å². The van der Waals surface area contributed by atoms with E-state index in [1.165, 1.54) is 18.9 Å². The molecule has 0 bridgehead atoms. The molecule has 0 spiro atoms. The van der Waals surface area contributed by atoms with E-state index in [9.17, 15) is 4.39 Å². The number of nitrogens with zero attached hydrogens (tertiary/aromatic N) is 3.